The Balaban J connectivity index is 2.15. The second-order valence-electron chi connectivity index (χ2n) is 3.65. The summed E-state index contributed by atoms with van der Waals surface area (Å²) in [6, 6.07) is 10.0. The first-order chi connectivity index (χ1) is 8.72. The quantitative estimate of drug-likeness (QED) is 0.315. The molecule has 98 valence electrons. The fourth-order valence-corrected chi connectivity index (χ4v) is 1.46. The van der Waals surface area contributed by atoms with Crippen LogP contribution in [0.1, 0.15) is 5.56 Å². The van der Waals surface area contributed by atoms with Crippen LogP contribution in [-0.4, -0.2) is 30.9 Å². The number of guanidine groups is 2. The highest BCUT2D eigenvalue weighted by atomic mass is 35.5. The van der Waals surface area contributed by atoms with Crippen LogP contribution in [-0.2, 0) is 6.42 Å². The van der Waals surface area contributed by atoms with Crippen molar-refractivity contribution in [3.63, 3.8) is 0 Å². The first kappa shape index (κ1) is 14.3. The van der Waals surface area contributed by atoms with Gasteiger partial charge in [0.25, 0.3) is 0 Å². The largest absolute Gasteiger partial charge is 0.356 e. The van der Waals surface area contributed by atoms with Gasteiger partial charge in [0.05, 0.1) is 0 Å². The molecule has 0 aliphatic rings. The van der Waals surface area contributed by atoms with E-state index in [4.69, 9.17) is 22.4 Å². The summed E-state index contributed by atoms with van der Waals surface area (Å²) in [6.45, 7) is 1.16. The highest BCUT2D eigenvalue weighted by Gasteiger charge is 1.99. The van der Waals surface area contributed by atoms with Crippen LogP contribution in [0.25, 0.3) is 0 Å². The lowest BCUT2D eigenvalue weighted by atomic mass is 10.1. The van der Waals surface area contributed by atoms with Crippen molar-refractivity contribution in [3.05, 3.63) is 35.9 Å². The SMILES string of the molecule is N=C(NCCCl)NC(=N)NCCc1ccccc1. The zero-order chi connectivity index (χ0) is 13.2. The lowest BCUT2D eigenvalue weighted by Crippen LogP contribution is -2.46. The predicted octanol–water partition coefficient (Wildman–Crippen LogP) is 1.11. The fraction of sp³-hybridized carbons (Fsp3) is 0.333. The number of nitrogens with one attached hydrogen (secondary N) is 5. The van der Waals surface area contributed by atoms with Crippen LogP contribution >= 0.6 is 11.6 Å². The van der Waals surface area contributed by atoms with Crippen molar-refractivity contribution in [2.75, 3.05) is 19.0 Å². The first-order valence-corrected chi connectivity index (χ1v) is 6.27. The van der Waals surface area contributed by atoms with E-state index >= 15 is 0 Å². The molecule has 0 aliphatic heterocycles. The van der Waals surface area contributed by atoms with Gasteiger partial charge in [-0.1, -0.05) is 30.3 Å². The Morgan fingerprint density at radius 3 is 2.22 bits per heavy atom. The molecule has 18 heavy (non-hydrogen) atoms. The zero-order valence-corrected chi connectivity index (χ0v) is 10.8. The Hall–Kier alpha value is -1.75. The van der Waals surface area contributed by atoms with Crippen molar-refractivity contribution in [3.8, 4) is 0 Å². The Bertz CT molecular complexity index is 379. The standard InChI is InChI=1S/C12H18ClN5/c13-7-9-17-12(15)18-11(14)16-8-6-10-4-2-1-3-5-10/h1-5H,6-9H2,(H5,14,15,16,17,18). The molecule has 0 bridgehead atoms. The Morgan fingerprint density at radius 1 is 1.00 bits per heavy atom. The summed E-state index contributed by atoms with van der Waals surface area (Å²) < 4.78 is 0. The third-order valence-corrected chi connectivity index (χ3v) is 2.39. The van der Waals surface area contributed by atoms with Gasteiger partial charge in [-0.3, -0.25) is 16.1 Å². The molecule has 0 saturated carbocycles. The normalized spacial score (nSPS) is 9.61. The van der Waals surface area contributed by atoms with Crippen molar-refractivity contribution >= 4 is 23.5 Å². The Labute approximate surface area is 112 Å². The minimum absolute atomic E-state index is 0.0767. The molecule has 0 saturated heterocycles. The lowest BCUT2D eigenvalue weighted by molar-refractivity contribution is 0.831. The summed E-state index contributed by atoms with van der Waals surface area (Å²) in [7, 11) is 0. The third-order valence-electron chi connectivity index (χ3n) is 2.20. The molecule has 0 fully saturated rings. The molecule has 0 spiro atoms. The van der Waals surface area contributed by atoms with Crippen LogP contribution in [0.3, 0.4) is 0 Å². The average Bonchev–Trinajstić information content (AvgIpc) is 2.37. The number of alkyl halides is 1. The number of hydrogen-bond donors (Lipinski definition) is 5. The van der Waals surface area contributed by atoms with E-state index < -0.39 is 0 Å². The van der Waals surface area contributed by atoms with Gasteiger partial charge < -0.3 is 10.6 Å². The van der Waals surface area contributed by atoms with Gasteiger partial charge in [-0.25, -0.2) is 0 Å². The van der Waals surface area contributed by atoms with Gasteiger partial charge in [-0.2, -0.15) is 0 Å². The number of rotatable bonds is 5. The molecule has 1 rings (SSSR count). The molecule has 0 heterocycles. The van der Waals surface area contributed by atoms with E-state index in [1.165, 1.54) is 5.56 Å². The van der Waals surface area contributed by atoms with Crippen LogP contribution in [0.15, 0.2) is 30.3 Å². The number of benzene rings is 1. The lowest BCUT2D eigenvalue weighted by Gasteiger charge is -2.11. The van der Waals surface area contributed by atoms with E-state index in [9.17, 15) is 0 Å². The molecule has 6 heteroatoms. The molecule has 0 amide bonds. The Kier molecular flexibility index (Phi) is 6.64. The number of halogens is 1. The van der Waals surface area contributed by atoms with Crippen molar-refractivity contribution in [2.24, 2.45) is 0 Å². The van der Waals surface area contributed by atoms with Gasteiger partial charge in [-0.15, -0.1) is 11.6 Å². The molecular weight excluding hydrogens is 250 g/mol. The van der Waals surface area contributed by atoms with E-state index in [0.29, 0.717) is 19.0 Å². The molecule has 0 unspecified atom stereocenters. The van der Waals surface area contributed by atoms with Gasteiger partial charge in [0.15, 0.2) is 11.9 Å². The van der Waals surface area contributed by atoms with Crippen LogP contribution in [0, 0.1) is 10.8 Å². The smallest absolute Gasteiger partial charge is 0.195 e. The van der Waals surface area contributed by atoms with E-state index in [0.717, 1.165) is 6.42 Å². The topological polar surface area (TPSA) is 83.8 Å². The second kappa shape index (κ2) is 8.36. The van der Waals surface area contributed by atoms with Gasteiger partial charge in [0, 0.05) is 19.0 Å². The van der Waals surface area contributed by atoms with Crippen molar-refractivity contribution in [1.29, 1.82) is 10.8 Å². The molecule has 0 radical (unpaired) electrons. The zero-order valence-electron chi connectivity index (χ0n) is 10.1. The van der Waals surface area contributed by atoms with Crippen molar-refractivity contribution < 1.29 is 0 Å². The molecule has 0 aliphatic carbocycles. The maximum atomic E-state index is 7.58. The summed E-state index contributed by atoms with van der Waals surface area (Å²) >= 11 is 5.48. The van der Waals surface area contributed by atoms with Crippen molar-refractivity contribution in [1.82, 2.24) is 16.0 Å². The predicted molar refractivity (Wildman–Crippen MR) is 75.5 cm³/mol. The van der Waals surface area contributed by atoms with E-state index in [-0.39, 0.29) is 11.9 Å². The van der Waals surface area contributed by atoms with Crippen LogP contribution in [0.2, 0.25) is 0 Å². The molecule has 5 N–H and O–H groups in total. The maximum Gasteiger partial charge on any atom is 0.195 e. The molecule has 0 aromatic heterocycles. The molecule has 0 atom stereocenters. The molecule has 5 nitrogen and oxygen atoms in total. The average molecular weight is 268 g/mol. The van der Waals surface area contributed by atoms with Crippen molar-refractivity contribution in [2.45, 2.75) is 6.42 Å². The third kappa shape index (κ3) is 6.10. The minimum atomic E-state index is 0.0767. The van der Waals surface area contributed by atoms with E-state index in [2.05, 4.69) is 16.0 Å². The highest BCUT2D eigenvalue weighted by Crippen LogP contribution is 1.97. The van der Waals surface area contributed by atoms with Gasteiger partial charge >= 0.3 is 0 Å². The summed E-state index contributed by atoms with van der Waals surface area (Å²) in [5, 5.41) is 23.3. The van der Waals surface area contributed by atoms with E-state index in [1.807, 2.05) is 30.3 Å². The monoisotopic (exact) mass is 267 g/mol. The van der Waals surface area contributed by atoms with Crippen LogP contribution in [0.5, 0.6) is 0 Å². The Morgan fingerprint density at radius 2 is 1.61 bits per heavy atom. The maximum absolute atomic E-state index is 7.58. The van der Waals surface area contributed by atoms with E-state index in [1.54, 1.807) is 0 Å². The summed E-state index contributed by atoms with van der Waals surface area (Å²) in [6.07, 6.45) is 0.841. The van der Waals surface area contributed by atoms with Gasteiger partial charge in [-0.05, 0) is 12.0 Å². The minimum Gasteiger partial charge on any atom is -0.356 e. The summed E-state index contributed by atoms with van der Waals surface area (Å²) in [5.74, 6) is 0.615. The molecule has 1 aromatic rings. The first-order valence-electron chi connectivity index (χ1n) is 5.74. The summed E-state index contributed by atoms with van der Waals surface area (Å²) in [5.41, 5.74) is 1.22. The van der Waals surface area contributed by atoms with Gasteiger partial charge in [0.2, 0.25) is 0 Å². The van der Waals surface area contributed by atoms with Crippen LogP contribution < -0.4 is 16.0 Å². The molecule has 1 aromatic carbocycles. The van der Waals surface area contributed by atoms with Crippen LogP contribution in [0.4, 0.5) is 0 Å². The second-order valence-corrected chi connectivity index (χ2v) is 4.03. The molecular formula is C12H18ClN5. The highest BCUT2D eigenvalue weighted by molar-refractivity contribution is 6.18. The summed E-state index contributed by atoms with van der Waals surface area (Å²) in [4.78, 5) is 0. The number of hydrogen-bond acceptors (Lipinski definition) is 2. The fourth-order valence-electron chi connectivity index (χ4n) is 1.36. The van der Waals surface area contributed by atoms with Gasteiger partial charge in [0.1, 0.15) is 0 Å².